The van der Waals surface area contributed by atoms with Crippen LogP contribution in [0.4, 0.5) is 5.69 Å². The third-order valence-electron chi connectivity index (χ3n) is 4.90. The minimum Gasteiger partial charge on any atom is -0.350 e. The molecule has 2 rings (SSSR count). The lowest BCUT2D eigenvalue weighted by Crippen LogP contribution is -2.54. The van der Waals surface area contributed by atoms with E-state index in [-0.39, 0.29) is 27.3 Å². The minimum atomic E-state index is -3.98. The summed E-state index contributed by atoms with van der Waals surface area (Å²) in [4.78, 5) is 27.8. The highest BCUT2D eigenvalue weighted by atomic mass is 35.5. The van der Waals surface area contributed by atoms with Gasteiger partial charge in [-0.1, -0.05) is 64.6 Å². The third-order valence-corrected chi connectivity index (χ3v) is 7.42. The molecule has 0 aliphatic carbocycles. The number of nitrogens with one attached hydrogen (secondary N) is 1. The number of amides is 2. The highest BCUT2D eigenvalue weighted by Crippen LogP contribution is 2.35. The molecule has 2 amide bonds. The molecule has 12 heteroatoms. The zero-order valence-electron chi connectivity index (χ0n) is 19.9. The second-order valence-electron chi connectivity index (χ2n) is 9.02. The molecule has 0 aromatic heterocycles. The summed E-state index contributed by atoms with van der Waals surface area (Å²) in [5.41, 5.74) is 0.0365. The fourth-order valence-electron chi connectivity index (χ4n) is 3.16. The third kappa shape index (κ3) is 8.15. The first-order valence-corrected chi connectivity index (χ1v) is 13.8. The number of anilines is 1. The predicted molar refractivity (Wildman–Crippen MR) is 143 cm³/mol. The Hall–Kier alpha value is -1.71. The smallest absolute Gasteiger partial charge is 0.244 e. The lowest BCUT2D eigenvalue weighted by Gasteiger charge is -2.33. The van der Waals surface area contributed by atoms with E-state index in [4.69, 9.17) is 46.4 Å². The van der Waals surface area contributed by atoms with Crippen molar-refractivity contribution in [2.75, 3.05) is 17.1 Å². The van der Waals surface area contributed by atoms with E-state index in [2.05, 4.69) is 5.32 Å². The molecule has 0 bridgehead atoms. The van der Waals surface area contributed by atoms with E-state index >= 15 is 0 Å². The van der Waals surface area contributed by atoms with Crippen LogP contribution in [0.15, 0.2) is 36.4 Å². The fourth-order valence-corrected chi connectivity index (χ4v) is 4.91. The monoisotopic (exact) mass is 581 g/mol. The molecule has 0 radical (unpaired) electrons. The molecule has 0 aliphatic rings. The fraction of sp³-hybridized carbons (Fsp3) is 0.391. The van der Waals surface area contributed by atoms with Gasteiger partial charge in [0, 0.05) is 17.1 Å². The SMILES string of the molecule is CC(C(=O)NC(C)(C)C)N(Cc1ccccc1Cl)C(=O)CN(c1cc(Cl)c(Cl)cc1Cl)S(C)(=O)=O. The molecule has 0 saturated heterocycles. The Kier molecular flexibility index (Phi) is 9.75. The first-order chi connectivity index (χ1) is 16.0. The Labute approximate surface area is 226 Å². The molecule has 0 spiro atoms. The quantitative estimate of drug-likeness (QED) is 0.422. The van der Waals surface area contributed by atoms with Crippen molar-refractivity contribution in [3.63, 3.8) is 0 Å². The van der Waals surface area contributed by atoms with Crippen molar-refractivity contribution in [3.8, 4) is 0 Å². The molecule has 0 heterocycles. The van der Waals surface area contributed by atoms with Crippen molar-refractivity contribution in [2.24, 2.45) is 0 Å². The summed E-state index contributed by atoms with van der Waals surface area (Å²) < 4.78 is 26.2. The van der Waals surface area contributed by atoms with Gasteiger partial charge >= 0.3 is 0 Å². The van der Waals surface area contributed by atoms with E-state index < -0.39 is 40.0 Å². The van der Waals surface area contributed by atoms with Gasteiger partial charge in [-0.3, -0.25) is 13.9 Å². The van der Waals surface area contributed by atoms with Crippen LogP contribution in [0.2, 0.25) is 20.1 Å². The van der Waals surface area contributed by atoms with Gasteiger partial charge in [0.1, 0.15) is 12.6 Å². The second-order valence-corrected chi connectivity index (χ2v) is 12.6. The van der Waals surface area contributed by atoms with Gasteiger partial charge in [0.15, 0.2) is 0 Å². The Bertz CT molecular complexity index is 1220. The van der Waals surface area contributed by atoms with Crippen LogP contribution in [0.1, 0.15) is 33.3 Å². The van der Waals surface area contributed by atoms with Gasteiger partial charge in [-0.25, -0.2) is 8.42 Å². The maximum Gasteiger partial charge on any atom is 0.244 e. The highest BCUT2D eigenvalue weighted by Gasteiger charge is 2.32. The van der Waals surface area contributed by atoms with Crippen LogP contribution >= 0.6 is 46.4 Å². The summed E-state index contributed by atoms with van der Waals surface area (Å²) in [5, 5.41) is 3.44. The number of hydrogen-bond donors (Lipinski definition) is 1. The molecule has 1 unspecified atom stereocenters. The summed E-state index contributed by atoms with van der Waals surface area (Å²) in [6.07, 6.45) is 0.938. The first-order valence-electron chi connectivity index (χ1n) is 10.5. The van der Waals surface area contributed by atoms with Crippen molar-refractivity contribution in [1.82, 2.24) is 10.2 Å². The zero-order chi connectivity index (χ0) is 26.7. The molecule has 7 nitrogen and oxygen atoms in total. The number of carbonyl (C=O) groups is 2. The standard InChI is InChI=1S/C23H27Cl4N3O4S/c1-14(22(32)28-23(2,3)4)29(12-15-8-6-7-9-16(15)24)21(31)13-30(35(5,33)34)20-11-18(26)17(25)10-19(20)27/h6-11,14H,12-13H2,1-5H3,(H,28,32). The van der Waals surface area contributed by atoms with E-state index in [0.29, 0.717) is 10.6 Å². The minimum absolute atomic E-state index is 0.00574. The van der Waals surface area contributed by atoms with Gasteiger partial charge in [0.2, 0.25) is 21.8 Å². The van der Waals surface area contributed by atoms with Gasteiger partial charge in [0.25, 0.3) is 0 Å². The van der Waals surface area contributed by atoms with Crippen molar-refractivity contribution in [3.05, 3.63) is 62.1 Å². The Morgan fingerprint density at radius 1 is 0.971 bits per heavy atom. The van der Waals surface area contributed by atoms with E-state index in [1.54, 1.807) is 31.2 Å². The number of sulfonamides is 1. The van der Waals surface area contributed by atoms with Crippen LogP contribution in [-0.4, -0.2) is 49.5 Å². The van der Waals surface area contributed by atoms with E-state index in [9.17, 15) is 18.0 Å². The van der Waals surface area contributed by atoms with Crippen LogP contribution < -0.4 is 9.62 Å². The number of hydrogen-bond acceptors (Lipinski definition) is 4. The van der Waals surface area contributed by atoms with Crippen LogP contribution in [0, 0.1) is 0 Å². The first kappa shape index (κ1) is 29.5. The molecule has 2 aromatic rings. The van der Waals surface area contributed by atoms with Crippen molar-refractivity contribution < 1.29 is 18.0 Å². The number of rotatable bonds is 8. The number of benzene rings is 2. The molecule has 2 aromatic carbocycles. The van der Waals surface area contributed by atoms with Gasteiger partial charge in [-0.05, 0) is 51.5 Å². The lowest BCUT2D eigenvalue weighted by atomic mass is 10.1. The van der Waals surface area contributed by atoms with Gasteiger partial charge in [-0.15, -0.1) is 0 Å². The van der Waals surface area contributed by atoms with E-state index in [0.717, 1.165) is 10.6 Å². The summed E-state index contributed by atoms with van der Waals surface area (Å²) >= 11 is 24.6. The summed E-state index contributed by atoms with van der Waals surface area (Å²) in [6, 6.07) is 8.51. The number of carbonyl (C=O) groups excluding carboxylic acids is 2. The molecule has 0 fully saturated rings. The molecule has 35 heavy (non-hydrogen) atoms. The van der Waals surface area contributed by atoms with Crippen LogP contribution in [0.25, 0.3) is 0 Å². The average molecular weight is 583 g/mol. The summed E-state index contributed by atoms with van der Waals surface area (Å²) in [6.45, 7) is 6.35. The predicted octanol–water partition coefficient (Wildman–Crippen LogP) is 5.40. The maximum absolute atomic E-state index is 13.6. The Morgan fingerprint density at radius 3 is 2.09 bits per heavy atom. The Morgan fingerprint density at radius 2 is 1.54 bits per heavy atom. The van der Waals surface area contributed by atoms with Crippen molar-refractivity contribution >= 4 is 73.9 Å². The van der Waals surface area contributed by atoms with E-state index in [1.165, 1.54) is 17.0 Å². The average Bonchev–Trinajstić information content (AvgIpc) is 2.71. The summed E-state index contributed by atoms with van der Waals surface area (Å²) in [5.74, 6) is -1.05. The van der Waals surface area contributed by atoms with Crippen LogP contribution in [0.3, 0.4) is 0 Å². The molecular weight excluding hydrogens is 556 g/mol. The number of halogens is 4. The second kappa shape index (κ2) is 11.6. The molecule has 0 aliphatic heterocycles. The van der Waals surface area contributed by atoms with Crippen LogP contribution in [-0.2, 0) is 26.2 Å². The zero-order valence-corrected chi connectivity index (χ0v) is 23.7. The highest BCUT2D eigenvalue weighted by molar-refractivity contribution is 7.92. The molecule has 192 valence electrons. The van der Waals surface area contributed by atoms with Gasteiger partial charge < -0.3 is 10.2 Å². The molecule has 1 atom stereocenters. The van der Waals surface area contributed by atoms with Crippen LogP contribution in [0.5, 0.6) is 0 Å². The lowest BCUT2D eigenvalue weighted by molar-refractivity contribution is -0.140. The molecular formula is C23H27Cl4N3O4S. The molecule has 1 N–H and O–H groups in total. The maximum atomic E-state index is 13.6. The normalized spacial score (nSPS) is 12.7. The Balaban J connectivity index is 2.49. The summed E-state index contributed by atoms with van der Waals surface area (Å²) in [7, 11) is -3.98. The number of nitrogens with zero attached hydrogens (tertiary/aromatic N) is 2. The van der Waals surface area contributed by atoms with Crippen molar-refractivity contribution in [2.45, 2.75) is 45.8 Å². The van der Waals surface area contributed by atoms with Crippen molar-refractivity contribution in [1.29, 1.82) is 0 Å². The van der Waals surface area contributed by atoms with E-state index in [1.807, 2.05) is 20.8 Å². The molecule has 0 saturated carbocycles. The topological polar surface area (TPSA) is 86.8 Å². The van der Waals surface area contributed by atoms with Gasteiger partial charge in [0.05, 0.1) is 27.0 Å². The van der Waals surface area contributed by atoms with Gasteiger partial charge in [-0.2, -0.15) is 0 Å². The largest absolute Gasteiger partial charge is 0.350 e.